The Hall–Kier alpha value is -1.43. The van der Waals surface area contributed by atoms with Crippen molar-refractivity contribution >= 4 is 11.4 Å². The first-order chi connectivity index (χ1) is 9.66. The number of hydrogen-bond donors (Lipinski definition) is 1. The van der Waals surface area contributed by atoms with Gasteiger partial charge in [-0.05, 0) is 51.6 Å². The molecule has 21 heavy (non-hydrogen) atoms. The summed E-state index contributed by atoms with van der Waals surface area (Å²) in [6.45, 7) is 0.576. The summed E-state index contributed by atoms with van der Waals surface area (Å²) >= 11 is 0. The minimum atomic E-state index is -4.40. The Morgan fingerprint density at radius 2 is 1.81 bits per heavy atom. The summed E-state index contributed by atoms with van der Waals surface area (Å²) in [5, 5.41) is 0. The van der Waals surface area contributed by atoms with Crippen LogP contribution in [-0.2, 0) is 6.18 Å². The molecule has 2 N–H and O–H groups in total. The van der Waals surface area contributed by atoms with Gasteiger partial charge in [0.25, 0.3) is 0 Å². The predicted octanol–water partition coefficient (Wildman–Crippen LogP) is 3.21. The first-order valence-corrected chi connectivity index (χ1v) is 7.01. The van der Waals surface area contributed by atoms with E-state index in [1.165, 1.54) is 12.1 Å². The van der Waals surface area contributed by atoms with E-state index in [2.05, 4.69) is 4.90 Å². The van der Waals surface area contributed by atoms with E-state index in [4.69, 9.17) is 5.73 Å². The zero-order chi connectivity index (χ0) is 15.8. The average molecular weight is 301 g/mol. The molecule has 0 atom stereocenters. The summed E-state index contributed by atoms with van der Waals surface area (Å²) in [6.07, 6.45) is -1.24. The minimum absolute atomic E-state index is 0.0288. The topological polar surface area (TPSA) is 32.5 Å². The standard InChI is InChI=1S/C15H22F3N3/c1-20(2)14(7-4-8-14)10-21(3)13-6-5-11(19)9-12(13)15(16,17)18/h5-6,9H,4,7-8,10,19H2,1-3H3. The first kappa shape index (κ1) is 15.9. The number of anilines is 2. The summed E-state index contributed by atoms with van der Waals surface area (Å²) in [6, 6.07) is 3.99. The lowest BCUT2D eigenvalue weighted by atomic mass is 9.75. The Bertz CT molecular complexity index is 507. The Labute approximate surface area is 123 Å². The highest BCUT2D eigenvalue weighted by molar-refractivity contribution is 5.60. The van der Waals surface area contributed by atoms with Gasteiger partial charge in [0, 0.05) is 30.5 Å². The van der Waals surface area contributed by atoms with Crippen LogP contribution in [0.1, 0.15) is 24.8 Å². The monoisotopic (exact) mass is 301 g/mol. The third-order valence-electron chi connectivity index (χ3n) is 4.50. The Morgan fingerprint density at radius 1 is 1.19 bits per heavy atom. The quantitative estimate of drug-likeness (QED) is 0.867. The fourth-order valence-electron chi connectivity index (χ4n) is 2.97. The van der Waals surface area contributed by atoms with Gasteiger partial charge in [-0.15, -0.1) is 0 Å². The molecule has 3 nitrogen and oxygen atoms in total. The smallest absolute Gasteiger partial charge is 0.399 e. The number of nitrogen functional groups attached to an aromatic ring is 1. The van der Waals surface area contributed by atoms with E-state index in [9.17, 15) is 13.2 Å². The Balaban J connectivity index is 2.29. The fourth-order valence-corrected chi connectivity index (χ4v) is 2.97. The van der Waals surface area contributed by atoms with Crippen molar-refractivity contribution in [3.63, 3.8) is 0 Å². The molecule has 2 rings (SSSR count). The number of hydrogen-bond acceptors (Lipinski definition) is 3. The van der Waals surface area contributed by atoms with E-state index in [1.807, 2.05) is 14.1 Å². The molecule has 1 aromatic rings. The molecule has 0 aliphatic heterocycles. The maximum Gasteiger partial charge on any atom is 0.418 e. The molecular weight excluding hydrogens is 279 g/mol. The molecule has 118 valence electrons. The van der Waals surface area contributed by atoms with Crippen LogP contribution in [0.4, 0.5) is 24.5 Å². The van der Waals surface area contributed by atoms with Gasteiger partial charge < -0.3 is 15.5 Å². The van der Waals surface area contributed by atoms with Crippen molar-refractivity contribution in [1.82, 2.24) is 4.90 Å². The average Bonchev–Trinajstić information content (AvgIpc) is 2.31. The zero-order valence-electron chi connectivity index (χ0n) is 12.7. The van der Waals surface area contributed by atoms with Gasteiger partial charge in [0.15, 0.2) is 0 Å². The normalized spacial score (nSPS) is 17.7. The third kappa shape index (κ3) is 3.10. The highest BCUT2D eigenvalue weighted by Gasteiger charge is 2.41. The highest BCUT2D eigenvalue weighted by atomic mass is 19.4. The van der Waals surface area contributed by atoms with Gasteiger partial charge in [0.1, 0.15) is 0 Å². The van der Waals surface area contributed by atoms with Crippen LogP contribution in [0.25, 0.3) is 0 Å². The minimum Gasteiger partial charge on any atom is -0.399 e. The van der Waals surface area contributed by atoms with Crippen LogP contribution >= 0.6 is 0 Å². The molecule has 1 saturated carbocycles. The second-order valence-electron chi connectivity index (χ2n) is 6.10. The van der Waals surface area contributed by atoms with Crippen LogP contribution in [-0.4, -0.2) is 38.1 Å². The number of nitrogens with two attached hydrogens (primary N) is 1. The van der Waals surface area contributed by atoms with Gasteiger partial charge in [0.2, 0.25) is 0 Å². The number of likely N-dealkylation sites (N-methyl/N-ethyl adjacent to an activating group) is 2. The van der Waals surface area contributed by atoms with Crippen molar-refractivity contribution in [3.05, 3.63) is 23.8 Å². The molecule has 1 aliphatic rings. The molecule has 0 spiro atoms. The molecule has 0 saturated heterocycles. The molecule has 0 radical (unpaired) electrons. The number of alkyl halides is 3. The van der Waals surface area contributed by atoms with Crippen LogP contribution in [0.5, 0.6) is 0 Å². The van der Waals surface area contributed by atoms with E-state index in [-0.39, 0.29) is 16.9 Å². The molecule has 1 aromatic carbocycles. The summed E-state index contributed by atoms with van der Waals surface area (Å²) < 4.78 is 39.6. The van der Waals surface area contributed by atoms with E-state index in [1.54, 1.807) is 11.9 Å². The van der Waals surface area contributed by atoms with E-state index < -0.39 is 11.7 Å². The molecule has 0 amide bonds. The van der Waals surface area contributed by atoms with Crippen molar-refractivity contribution in [2.75, 3.05) is 38.3 Å². The highest BCUT2D eigenvalue weighted by Crippen LogP contribution is 2.41. The predicted molar refractivity (Wildman–Crippen MR) is 79.4 cm³/mol. The van der Waals surface area contributed by atoms with Crippen LogP contribution in [0.15, 0.2) is 18.2 Å². The molecule has 0 heterocycles. The van der Waals surface area contributed by atoms with Crippen LogP contribution < -0.4 is 10.6 Å². The molecule has 0 unspecified atom stereocenters. The van der Waals surface area contributed by atoms with Crippen LogP contribution in [0.3, 0.4) is 0 Å². The number of benzene rings is 1. The van der Waals surface area contributed by atoms with Crippen molar-refractivity contribution in [1.29, 1.82) is 0 Å². The molecule has 1 aliphatic carbocycles. The van der Waals surface area contributed by atoms with Crippen molar-refractivity contribution in [2.24, 2.45) is 0 Å². The van der Waals surface area contributed by atoms with Gasteiger partial charge in [-0.25, -0.2) is 0 Å². The second kappa shape index (κ2) is 5.40. The van der Waals surface area contributed by atoms with Crippen molar-refractivity contribution in [2.45, 2.75) is 31.0 Å². The van der Waals surface area contributed by atoms with E-state index in [0.29, 0.717) is 6.54 Å². The maximum absolute atomic E-state index is 13.2. The van der Waals surface area contributed by atoms with Gasteiger partial charge >= 0.3 is 6.18 Å². The molecule has 0 bridgehead atoms. The number of nitrogens with zero attached hydrogens (tertiary/aromatic N) is 2. The lowest BCUT2D eigenvalue weighted by molar-refractivity contribution is -0.137. The van der Waals surface area contributed by atoms with E-state index in [0.717, 1.165) is 25.3 Å². The van der Waals surface area contributed by atoms with Crippen molar-refractivity contribution in [3.8, 4) is 0 Å². The Morgan fingerprint density at radius 3 is 2.24 bits per heavy atom. The zero-order valence-corrected chi connectivity index (χ0v) is 12.7. The Kier molecular flexibility index (Phi) is 4.10. The second-order valence-corrected chi connectivity index (χ2v) is 6.10. The summed E-state index contributed by atoms with van der Waals surface area (Å²) in [5.41, 5.74) is 5.13. The fraction of sp³-hybridized carbons (Fsp3) is 0.600. The lowest BCUT2D eigenvalue weighted by Gasteiger charge is -2.49. The van der Waals surface area contributed by atoms with Crippen LogP contribution in [0.2, 0.25) is 0 Å². The van der Waals surface area contributed by atoms with Gasteiger partial charge in [-0.3, -0.25) is 0 Å². The largest absolute Gasteiger partial charge is 0.418 e. The number of halogens is 3. The first-order valence-electron chi connectivity index (χ1n) is 7.01. The molecule has 1 fully saturated rings. The summed E-state index contributed by atoms with van der Waals surface area (Å²) in [7, 11) is 5.69. The third-order valence-corrected chi connectivity index (χ3v) is 4.50. The van der Waals surface area contributed by atoms with Gasteiger partial charge in [0.05, 0.1) is 5.56 Å². The molecular formula is C15H22F3N3. The van der Waals surface area contributed by atoms with Crippen LogP contribution in [0, 0.1) is 0 Å². The molecule has 0 aromatic heterocycles. The maximum atomic E-state index is 13.2. The lowest BCUT2D eigenvalue weighted by Crippen LogP contribution is -2.56. The van der Waals surface area contributed by atoms with E-state index >= 15 is 0 Å². The molecule has 6 heteroatoms. The van der Waals surface area contributed by atoms with Gasteiger partial charge in [-0.1, -0.05) is 0 Å². The number of rotatable bonds is 4. The van der Waals surface area contributed by atoms with Crippen molar-refractivity contribution < 1.29 is 13.2 Å². The van der Waals surface area contributed by atoms with Gasteiger partial charge in [-0.2, -0.15) is 13.2 Å². The SMILES string of the molecule is CN(CC1(N(C)C)CCC1)c1ccc(N)cc1C(F)(F)F. The summed E-state index contributed by atoms with van der Waals surface area (Å²) in [4.78, 5) is 3.82. The summed E-state index contributed by atoms with van der Waals surface area (Å²) in [5.74, 6) is 0.